The van der Waals surface area contributed by atoms with Gasteiger partial charge in [-0.2, -0.15) is 4.37 Å². The smallest absolute Gasteiger partial charge is 0.264 e. The van der Waals surface area contributed by atoms with Crippen LogP contribution in [0.4, 0.5) is 22.3 Å². The number of aryl methyl sites for hydroxylation is 2. The van der Waals surface area contributed by atoms with Gasteiger partial charge in [0, 0.05) is 86.9 Å². The number of nitrogen functional groups attached to an aromatic ring is 2. The Balaban J connectivity index is 0.000000142. The van der Waals surface area contributed by atoms with E-state index in [0.29, 0.717) is 40.5 Å². The number of pyridine rings is 1. The van der Waals surface area contributed by atoms with Crippen LogP contribution in [-0.4, -0.2) is 121 Å². The van der Waals surface area contributed by atoms with Crippen LogP contribution in [-0.2, 0) is 42.5 Å². The second-order valence-electron chi connectivity index (χ2n) is 16.8. The number of rotatable bonds is 8. The highest BCUT2D eigenvalue weighted by Crippen LogP contribution is 2.46. The Morgan fingerprint density at radius 1 is 0.810 bits per heavy atom. The van der Waals surface area contributed by atoms with Crippen LogP contribution >= 0.6 is 11.5 Å². The van der Waals surface area contributed by atoms with E-state index in [2.05, 4.69) is 45.0 Å². The lowest BCUT2D eigenvalue weighted by molar-refractivity contribution is -0.0697. The summed E-state index contributed by atoms with van der Waals surface area (Å²) in [6.45, 7) is 8.61. The van der Waals surface area contributed by atoms with E-state index in [9.17, 15) is 9.59 Å². The van der Waals surface area contributed by atoms with E-state index in [-0.39, 0.29) is 29.0 Å². The quantitative estimate of drug-likeness (QED) is 0.172. The molecule has 0 bridgehead atoms. The van der Waals surface area contributed by atoms with Crippen LogP contribution in [0.1, 0.15) is 73.2 Å². The Bertz CT molecular complexity index is 2930. The molecule has 5 aliphatic rings. The predicted molar refractivity (Wildman–Crippen MR) is 233 cm³/mol. The summed E-state index contributed by atoms with van der Waals surface area (Å²) < 4.78 is 20.2. The molecular weight excluding hydrogens is 825 g/mol. The summed E-state index contributed by atoms with van der Waals surface area (Å²) in [6.07, 6.45) is 14.6. The molecule has 12 rings (SSSR count). The molecule has 2 amide bonds. The van der Waals surface area contributed by atoms with Crippen LogP contribution in [0.2, 0.25) is 0 Å². The van der Waals surface area contributed by atoms with Crippen LogP contribution in [0.3, 0.4) is 0 Å². The average molecular weight is 871 g/mol. The second-order valence-corrected chi connectivity index (χ2v) is 17.6. The fourth-order valence-corrected chi connectivity index (χ4v) is 9.72. The number of ether oxygens (including phenoxy) is 2. The monoisotopic (exact) mass is 870 g/mol. The Morgan fingerprint density at radius 2 is 1.40 bits per heavy atom. The van der Waals surface area contributed by atoms with Crippen molar-refractivity contribution in [2.45, 2.75) is 63.7 Å². The van der Waals surface area contributed by atoms with Crippen LogP contribution < -0.4 is 22.1 Å². The molecule has 7 aromatic rings. The van der Waals surface area contributed by atoms with Crippen molar-refractivity contribution in [3.63, 3.8) is 0 Å². The van der Waals surface area contributed by atoms with Crippen LogP contribution in [0.25, 0.3) is 22.6 Å². The molecule has 0 spiro atoms. The molecule has 6 N–H and O–H groups in total. The van der Waals surface area contributed by atoms with Gasteiger partial charge in [-0.1, -0.05) is 0 Å². The van der Waals surface area contributed by atoms with Crippen molar-refractivity contribution in [1.29, 1.82) is 0 Å². The maximum absolute atomic E-state index is 13.3. The minimum atomic E-state index is -0.379. The second kappa shape index (κ2) is 15.8. The van der Waals surface area contributed by atoms with Crippen molar-refractivity contribution in [3.05, 3.63) is 88.3 Å². The van der Waals surface area contributed by atoms with Gasteiger partial charge in [0.05, 0.1) is 85.7 Å². The van der Waals surface area contributed by atoms with E-state index >= 15 is 0 Å². The molecule has 7 aromatic heterocycles. The van der Waals surface area contributed by atoms with Crippen molar-refractivity contribution in [3.8, 4) is 11.3 Å². The maximum Gasteiger partial charge on any atom is 0.264 e. The first-order valence-electron chi connectivity index (χ1n) is 21.1. The van der Waals surface area contributed by atoms with Crippen LogP contribution in [0.15, 0.2) is 43.4 Å². The summed E-state index contributed by atoms with van der Waals surface area (Å²) in [7, 11) is 1.89. The number of anilines is 4. The van der Waals surface area contributed by atoms with E-state index in [1.54, 1.807) is 33.9 Å². The Hall–Kier alpha value is -6.39. The van der Waals surface area contributed by atoms with E-state index in [1.807, 2.05) is 37.0 Å². The summed E-state index contributed by atoms with van der Waals surface area (Å²) in [6, 6.07) is 2.78. The number of nitrogens with two attached hydrogens (primary N) is 2. The standard InChI is InChI=1S/C22H23N9O2.C20H23N7O2S/c1-29-12-25-7-18(29)15-2-4-24-6-17(15)27-22(32)19-20(23)28-31-9-13-8-30(14-10-33-11-14)5-3-16(13)26-21(19)31;1-10-15(11-2-3-11)20(30-25-10)23-19(28)16-17(21)24-27-7-12-6-26(13-8-29-9-13)5-4-14(12)22-18(16)27/h2,4,6-7,9,12,14H,3,5,8,10-11H2,1H3,(H2,23,28)(H,27,32);7,11,13H,2-6,8-9H2,1H3,(H2,21,24)(H,23,28). The number of carbonyl (C=O) groups excluding carboxylic acids is 2. The normalized spacial score (nSPS) is 18.0. The summed E-state index contributed by atoms with van der Waals surface area (Å²) >= 11 is 1.33. The van der Waals surface area contributed by atoms with Crippen LogP contribution in [0, 0.1) is 6.92 Å². The molecule has 63 heavy (non-hydrogen) atoms. The van der Waals surface area contributed by atoms with Gasteiger partial charge >= 0.3 is 0 Å². The largest absolute Gasteiger partial charge is 0.381 e. The first-order chi connectivity index (χ1) is 30.7. The Labute approximate surface area is 364 Å². The minimum Gasteiger partial charge on any atom is -0.381 e. The molecule has 1 aliphatic carbocycles. The van der Waals surface area contributed by atoms with Gasteiger partial charge in [-0.05, 0) is 43.3 Å². The Kier molecular flexibility index (Phi) is 9.87. The third-order valence-corrected chi connectivity index (χ3v) is 13.5. The molecule has 0 atom stereocenters. The molecule has 0 unspecified atom stereocenters. The zero-order valence-corrected chi connectivity index (χ0v) is 35.6. The molecular formula is C42H46N16O4S. The van der Waals surface area contributed by atoms with Crippen LogP contribution in [0.5, 0.6) is 0 Å². The molecule has 21 heteroatoms. The molecule has 0 radical (unpaired) electrons. The van der Waals surface area contributed by atoms with Gasteiger partial charge in [0.25, 0.3) is 11.8 Å². The zero-order valence-electron chi connectivity index (χ0n) is 34.8. The number of imidazole rings is 1. The van der Waals surface area contributed by atoms with Gasteiger partial charge < -0.3 is 36.1 Å². The summed E-state index contributed by atoms with van der Waals surface area (Å²) in [4.78, 5) is 49.2. The van der Waals surface area contributed by atoms with E-state index < -0.39 is 0 Å². The van der Waals surface area contributed by atoms with Gasteiger partial charge in [0.1, 0.15) is 16.1 Å². The molecule has 324 valence electrons. The summed E-state index contributed by atoms with van der Waals surface area (Å²) in [5, 5.41) is 15.5. The van der Waals surface area contributed by atoms with E-state index in [4.69, 9.17) is 30.9 Å². The zero-order chi connectivity index (χ0) is 42.9. The van der Waals surface area contributed by atoms with Gasteiger partial charge in [-0.15, -0.1) is 10.2 Å². The molecule has 4 aliphatic heterocycles. The predicted octanol–water partition coefficient (Wildman–Crippen LogP) is 3.08. The van der Waals surface area contributed by atoms with Crippen molar-refractivity contribution < 1.29 is 19.1 Å². The highest BCUT2D eigenvalue weighted by Gasteiger charge is 2.34. The molecule has 11 heterocycles. The number of nitrogens with zero attached hydrogens (tertiary/aromatic N) is 12. The number of hydrogen-bond donors (Lipinski definition) is 4. The lowest BCUT2D eigenvalue weighted by Crippen LogP contribution is -2.50. The van der Waals surface area contributed by atoms with E-state index in [0.717, 1.165) is 128 Å². The van der Waals surface area contributed by atoms with Gasteiger partial charge in [0.2, 0.25) is 0 Å². The molecule has 20 nitrogen and oxygen atoms in total. The molecule has 2 saturated heterocycles. The molecule has 3 fully saturated rings. The Morgan fingerprint density at radius 3 is 1.92 bits per heavy atom. The molecule has 0 aromatic carbocycles. The van der Waals surface area contributed by atoms with Gasteiger partial charge in [0.15, 0.2) is 22.9 Å². The molecule has 1 saturated carbocycles. The van der Waals surface area contributed by atoms with Crippen molar-refractivity contribution in [2.75, 3.05) is 61.6 Å². The maximum atomic E-state index is 13.3. The fourth-order valence-electron chi connectivity index (χ4n) is 8.85. The number of carbonyl (C=O) groups is 2. The first-order valence-corrected chi connectivity index (χ1v) is 21.9. The van der Waals surface area contributed by atoms with Crippen molar-refractivity contribution in [2.24, 2.45) is 7.05 Å². The average Bonchev–Trinajstić information content (AvgIpc) is 3.53. The third-order valence-electron chi connectivity index (χ3n) is 12.6. The SMILES string of the molecule is Cc1nsc(NC(=O)c2c(N)nn3cc4c(nc23)CCN(C2COC2)C4)c1C1CC1.Cn1cncc1-c1ccncc1NC(=O)c1c(N)nn2cc3c(nc12)CCN(C1COC1)C3. The summed E-state index contributed by atoms with van der Waals surface area (Å²) in [5.41, 5.74) is 22.5. The van der Waals surface area contributed by atoms with Gasteiger partial charge in [-0.25, -0.2) is 24.0 Å². The summed E-state index contributed by atoms with van der Waals surface area (Å²) in [5.74, 6) is 0.188. The van der Waals surface area contributed by atoms with Crippen molar-refractivity contribution >= 4 is 57.0 Å². The number of amides is 2. The lowest BCUT2D eigenvalue weighted by Gasteiger charge is -2.39. The number of aromatic nitrogens is 10. The van der Waals surface area contributed by atoms with E-state index in [1.165, 1.54) is 11.5 Å². The number of hydrogen-bond acceptors (Lipinski definition) is 16. The third kappa shape index (κ3) is 7.24. The highest BCUT2D eigenvalue weighted by molar-refractivity contribution is 7.10. The minimum absolute atomic E-state index is 0.137. The van der Waals surface area contributed by atoms with Gasteiger partial charge in [-0.3, -0.25) is 24.4 Å². The number of nitrogens with one attached hydrogen (secondary N) is 2. The first kappa shape index (κ1) is 39.5. The number of fused-ring (bicyclic) bond motifs is 4. The highest BCUT2D eigenvalue weighted by atomic mass is 32.1. The topological polar surface area (TPSA) is 239 Å². The van der Waals surface area contributed by atoms with Crippen molar-refractivity contribution in [1.82, 2.24) is 57.9 Å². The fraction of sp³-hybridized carbons (Fsp3) is 0.405. The lowest BCUT2D eigenvalue weighted by atomic mass is 10.0.